The van der Waals surface area contributed by atoms with Crippen LogP contribution in [0.25, 0.3) is 10.9 Å². The molecule has 2 heterocycles. The van der Waals surface area contributed by atoms with Gasteiger partial charge in [0, 0.05) is 35.2 Å². The zero-order valence-corrected chi connectivity index (χ0v) is 15.8. The monoisotopic (exact) mass is 377 g/mol. The third-order valence-corrected chi connectivity index (χ3v) is 5.17. The van der Waals surface area contributed by atoms with Gasteiger partial charge in [-0.05, 0) is 51.2 Å². The molecule has 1 aliphatic rings. The number of halogens is 1. The van der Waals surface area contributed by atoms with Crippen LogP contribution in [0.4, 0.5) is 4.79 Å². The summed E-state index contributed by atoms with van der Waals surface area (Å²) in [5.41, 5.74) is 6.08. The topological polar surface area (TPSA) is 88.4 Å². The van der Waals surface area contributed by atoms with Crippen LogP contribution >= 0.6 is 11.6 Å². The molecule has 1 aromatic carbocycles. The minimum absolute atomic E-state index is 0.0321. The fraction of sp³-hybridized carbons (Fsp3) is 0.474. The van der Waals surface area contributed by atoms with Gasteiger partial charge in [0.05, 0.1) is 5.56 Å². The first-order valence-corrected chi connectivity index (χ1v) is 9.17. The number of rotatable bonds is 4. The third-order valence-electron chi connectivity index (χ3n) is 4.93. The van der Waals surface area contributed by atoms with Crippen LogP contribution in [-0.2, 0) is 4.74 Å². The van der Waals surface area contributed by atoms with Crippen molar-refractivity contribution in [1.29, 1.82) is 0 Å². The number of carbonyl (C=O) groups is 2. The van der Waals surface area contributed by atoms with Crippen LogP contribution in [0.15, 0.2) is 24.4 Å². The maximum Gasteiger partial charge on any atom is 0.405 e. The van der Waals surface area contributed by atoms with Crippen LogP contribution in [0.1, 0.15) is 43.5 Å². The molecule has 0 unspecified atom stereocenters. The van der Waals surface area contributed by atoms with Crippen molar-refractivity contribution >= 4 is 34.5 Å². The first-order chi connectivity index (χ1) is 12.2. The molecule has 1 aliphatic heterocycles. The molecule has 0 radical (unpaired) electrons. The standard InChI is InChI=1S/C19H24ClN3O3/c1-19(2,26-18(21)25)10-12-5-7-23(8-6-12)17(24)15-11-22-16-9-13(20)3-4-14(15)16/h3-4,9,11-12,22H,5-8,10H2,1-2H3,(H2,21,25). The summed E-state index contributed by atoms with van der Waals surface area (Å²) in [5.74, 6) is 0.430. The van der Waals surface area contributed by atoms with Crippen molar-refractivity contribution in [2.45, 2.75) is 38.7 Å². The predicted octanol–water partition coefficient (Wildman–Crippen LogP) is 3.94. The van der Waals surface area contributed by atoms with Crippen molar-refractivity contribution < 1.29 is 14.3 Å². The maximum absolute atomic E-state index is 12.9. The minimum atomic E-state index is -0.748. The molecule has 0 aliphatic carbocycles. The molecule has 0 saturated carbocycles. The Morgan fingerprint density at radius 1 is 1.35 bits per heavy atom. The number of carbonyl (C=O) groups excluding carboxylic acids is 2. The van der Waals surface area contributed by atoms with E-state index in [9.17, 15) is 9.59 Å². The van der Waals surface area contributed by atoms with Gasteiger partial charge in [-0.2, -0.15) is 0 Å². The summed E-state index contributed by atoms with van der Waals surface area (Å²) in [7, 11) is 0. The second-order valence-corrected chi connectivity index (χ2v) is 7.95. The molecule has 7 heteroatoms. The number of benzene rings is 1. The van der Waals surface area contributed by atoms with Crippen molar-refractivity contribution in [3.63, 3.8) is 0 Å². The number of primary amides is 1. The zero-order valence-electron chi connectivity index (χ0n) is 15.0. The van der Waals surface area contributed by atoms with Crippen molar-refractivity contribution in [3.8, 4) is 0 Å². The minimum Gasteiger partial charge on any atom is -0.444 e. The van der Waals surface area contributed by atoms with Gasteiger partial charge in [0.15, 0.2) is 0 Å². The predicted molar refractivity (Wildman–Crippen MR) is 101 cm³/mol. The number of hydrogen-bond donors (Lipinski definition) is 2. The molecular formula is C19H24ClN3O3. The summed E-state index contributed by atoms with van der Waals surface area (Å²) in [6, 6.07) is 5.49. The fourth-order valence-electron chi connectivity index (χ4n) is 3.80. The van der Waals surface area contributed by atoms with Crippen molar-refractivity contribution in [1.82, 2.24) is 9.88 Å². The number of nitrogens with two attached hydrogens (primary N) is 1. The lowest BCUT2D eigenvalue weighted by Gasteiger charge is -2.35. The SMILES string of the molecule is CC(C)(CC1CCN(C(=O)c2c[nH]c3cc(Cl)ccc23)CC1)OC(N)=O. The molecule has 1 fully saturated rings. The van der Waals surface area contributed by atoms with Crippen molar-refractivity contribution in [3.05, 3.63) is 35.0 Å². The van der Waals surface area contributed by atoms with Gasteiger partial charge < -0.3 is 20.4 Å². The van der Waals surface area contributed by atoms with Crippen LogP contribution < -0.4 is 5.73 Å². The lowest BCUT2D eigenvalue weighted by molar-refractivity contribution is 0.0174. The van der Waals surface area contributed by atoms with E-state index < -0.39 is 11.7 Å². The average molecular weight is 378 g/mol. The normalized spacial score (nSPS) is 16.0. The molecule has 3 N–H and O–H groups in total. The van der Waals surface area contributed by atoms with Gasteiger partial charge in [-0.25, -0.2) is 4.79 Å². The Kier molecular flexibility index (Phi) is 5.14. The van der Waals surface area contributed by atoms with Crippen molar-refractivity contribution in [2.75, 3.05) is 13.1 Å². The van der Waals surface area contributed by atoms with E-state index in [1.165, 1.54) is 0 Å². The summed E-state index contributed by atoms with van der Waals surface area (Å²) < 4.78 is 5.17. The number of aromatic amines is 1. The third kappa shape index (κ3) is 4.12. The molecule has 1 aromatic heterocycles. The Morgan fingerprint density at radius 3 is 2.69 bits per heavy atom. The summed E-state index contributed by atoms with van der Waals surface area (Å²) in [6.07, 6.45) is 3.50. The van der Waals surface area contributed by atoms with E-state index in [-0.39, 0.29) is 5.91 Å². The fourth-order valence-corrected chi connectivity index (χ4v) is 3.97. The molecule has 1 saturated heterocycles. The average Bonchev–Trinajstić information content (AvgIpc) is 2.96. The van der Waals surface area contributed by atoms with Crippen molar-refractivity contribution in [2.24, 2.45) is 11.7 Å². The number of piperidine rings is 1. The number of fused-ring (bicyclic) bond motifs is 1. The Hall–Kier alpha value is -2.21. The number of hydrogen-bond acceptors (Lipinski definition) is 3. The number of likely N-dealkylation sites (tertiary alicyclic amines) is 1. The van der Waals surface area contributed by atoms with Gasteiger partial charge in [-0.3, -0.25) is 4.79 Å². The Labute approximate surface area is 157 Å². The molecule has 2 amide bonds. The molecule has 26 heavy (non-hydrogen) atoms. The number of nitrogens with zero attached hydrogens (tertiary/aromatic N) is 1. The highest BCUT2D eigenvalue weighted by molar-refractivity contribution is 6.31. The van der Waals surface area contributed by atoms with E-state index in [4.69, 9.17) is 22.1 Å². The molecule has 2 aromatic rings. The summed E-state index contributed by atoms with van der Waals surface area (Å²) in [5, 5.41) is 1.53. The summed E-state index contributed by atoms with van der Waals surface area (Å²) in [4.78, 5) is 28.9. The molecule has 140 valence electrons. The number of H-pyrrole nitrogens is 1. The van der Waals surface area contributed by atoms with E-state index in [0.29, 0.717) is 29.6 Å². The Morgan fingerprint density at radius 2 is 2.04 bits per heavy atom. The van der Waals surface area contributed by atoms with E-state index in [0.717, 1.165) is 30.2 Å². The highest BCUT2D eigenvalue weighted by Gasteiger charge is 2.31. The number of amides is 2. The number of nitrogens with one attached hydrogen (secondary N) is 1. The molecule has 0 bridgehead atoms. The largest absolute Gasteiger partial charge is 0.444 e. The first kappa shape index (κ1) is 18.6. The van der Waals surface area contributed by atoms with Gasteiger partial charge in [0.25, 0.3) is 5.91 Å². The Balaban J connectivity index is 1.62. The quantitative estimate of drug-likeness (QED) is 0.845. The van der Waals surface area contributed by atoms with Crippen LogP contribution in [0.2, 0.25) is 5.02 Å². The van der Waals surface area contributed by atoms with Gasteiger partial charge in [-0.1, -0.05) is 17.7 Å². The van der Waals surface area contributed by atoms with E-state index >= 15 is 0 Å². The molecule has 3 rings (SSSR count). The summed E-state index contributed by atoms with van der Waals surface area (Å²) in [6.45, 7) is 5.12. The highest BCUT2D eigenvalue weighted by atomic mass is 35.5. The molecule has 0 atom stereocenters. The molecule has 0 spiro atoms. The zero-order chi connectivity index (χ0) is 18.9. The lowest BCUT2D eigenvalue weighted by atomic mass is 9.86. The Bertz CT molecular complexity index is 823. The second kappa shape index (κ2) is 7.19. The van der Waals surface area contributed by atoms with Crippen LogP contribution in [0, 0.1) is 5.92 Å². The smallest absolute Gasteiger partial charge is 0.405 e. The van der Waals surface area contributed by atoms with Crippen LogP contribution in [0.5, 0.6) is 0 Å². The summed E-state index contributed by atoms with van der Waals surface area (Å²) >= 11 is 6.00. The molecule has 6 nitrogen and oxygen atoms in total. The highest BCUT2D eigenvalue weighted by Crippen LogP contribution is 2.30. The maximum atomic E-state index is 12.9. The van der Waals surface area contributed by atoms with Gasteiger partial charge >= 0.3 is 6.09 Å². The van der Waals surface area contributed by atoms with E-state index in [2.05, 4.69) is 4.98 Å². The second-order valence-electron chi connectivity index (χ2n) is 7.51. The van der Waals surface area contributed by atoms with Crippen LogP contribution in [0.3, 0.4) is 0 Å². The first-order valence-electron chi connectivity index (χ1n) is 8.79. The van der Waals surface area contributed by atoms with E-state index in [1.54, 1.807) is 12.3 Å². The van der Waals surface area contributed by atoms with Gasteiger partial charge in [0.1, 0.15) is 5.60 Å². The van der Waals surface area contributed by atoms with Gasteiger partial charge in [0.2, 0.25) is 0 Å². The number of aromatic nitrogens is 1. The van der Waals surface area contributed by atoms with Crippen LogP contribution in [-0.4, -0.2) is 40.6 Å². The molecular weight excluding hydrogens is 354 g/mol. The van der Waals surface area contributed by atoms with E-state index in [1.807, 2.05) is 30.9 Å². The number of ether oxygens (including phenoxy) is 1. The lowest BCUT2D eigenvalue weighted by Crippen LogP contribution is -2.41. The van der Waals surface area contributed by atoms with Gasteiger partial charge in [-0.15, -0.1) is 0 Å².